The van der Waals surface area contributed by atoms with Gasteiger partial charge in [0.2, 0.25) is 5.91 Å². The Kier molecular flexibility index (Phi) is 2.33. The van der Waals surface area contributed by atoms with E-state index in [9.17, 15) is 4.79 Å². The van der Waals surface area contributed by atoms with Crippen molar-refractivity contribution in [2.45, 2.75) is 24.3 Å². The highest BCUT2D eigenvalue weighted by molar-refractivity contribution is 6.32. The van der Waals surface area contributed by atoms with E-state index >= 15 is 0 Å². The van der Waals surface area contributed by atoms with E-state index in [0.717, 1.165) is 12.8 Å². The minimum absolute atomic E-state index is 0.126. The maximum absolute atomic E-state index is 10.9. The fourth-order valence-corrected chi connectivity index (χ4v) is 0.678. The normalized spacial score (nSPS) is 19.7. The van der Waals surface area contributed by atoms with Crippen molar-refractivity contribution in [2.24, 2.45) is 0 Å². The standard InChI is InChI=1S/C7H10ClNO/c1-2-6(8)7(10)9-5-3-4-5/h2,5-6H,1,3-4H2,(H,9,10). The third-order valence-electron chi connectivity index (χ3n) is 1.38. The first-order valence-electron chi connectivity index (χ1n) is 3.31. The lowest BCUT2D eigenvalue weighted by molar-refractivity contribution is -0.120. The average Bonchev–Trinajstić information content (AvgIpc) is 2.70. The Morgan fingerprint density at radius 2 is 2.40 bits per heavy atom. The molecule has 0 spiro atoms. The van der Waals surface area contributed by atoms with Gasteiger partial charge in [-0.1, -0.05) is 6.08 Å². The number of hydrogen-bond donors (Lipinski definition) is 1. The topological polar surface area (TPSA) is 29.1 Å². The molecule has 0 saturated heterocycles. The van der Waals surface area contributed by atoms with E-state index in [0.29, 0.717) is 6.04 Å². The summed E-state index contributed by atoms with van der Waals surface area (Å²) in [5.74, 6) is -0.126. The van der Waals surface area contributed by atoms with E-state index in [4.69, 9.17) is 11.6 Å². The molecule has 1 amide bonds. The van der Waals surface area contributed by atoms with Gasteiger partial charge in [0.25, 0.3) is 0 Å². The fourth-order valence-electron chi connectivity index (χ4n) is 0.616. The molecule has 3 heteroatoms. The Labute approximate surface area is 65.2 Å². The predicted octanol–water partition coefficient (Wildman–Crippen LogP) is 1.06. The zero-order chi connectivity index (χ0) is 7.56. The quantitative estimate of drug-likeness (QED) is 0.484. The summed E-state index contributed by atoms with van der Waals surface area (Å²) in [5.41, 5.74) is 0. The number of carbonyl (C=O) groups is 1. The largest absolute Gasteiger partial charge is 0.352 e. The Morgan fingerprint density at radius 3 is 2.80 bits per heavy atom. The summed E-state index contributed by atoms with van der Waals surface area (Å²) in [6.07, 6.45) is 3.61. The average molecular weight is 160 g/mol. The summed E-state index contributed by atoms with van der Waals surface area (Å²) in [4.78, 5) is 10.9. The second-order valence-electron chi connectivity index (χ2n) is 2.42. The van der Waals surface area contributed by atoms with Gasteiger partial charge in [-0.25, -0.2) is 0 Å². The van der Waals surface area contributed by atoms with Crippen LogP contribution in [0, 0.1) is 0 Å². The van der Waals surface area contributed by atoms with Crippen LogP contribution in [0.3, 0.4) is 0 Å². The zero-order valence-corrected chi connectivity index (χ0v) is 6.40. The van der Waals surface area contributed by atoms with Crippen molar-refractivity contribution in [1.29, 1.82) is 0 Å². The first-order chi connectivity index (χ1) is 4.74. The SMILES string of the molecule is C=CC(Cl)C(=O)NC1CC1. The molecule has 1 fully saturated rings. The molecule has 0 heterocycles. The summed E-state index contributed by atoms with van der Waals surface area (Å²) in [6, 6.07) is 0.383. The molecule has 0 aliphatic heterocycles. The zero-order valence-electron chi connectivity index (χ0n) is 5.64. The first-order valence-corrected chi connectivity index (χ1v) is 3.74. The highest BCUT2D eigenvalue weighted by atomic mass is 35.5. The van der Waals surface area contributed by atoms with Crippen LogP contribution in [0.1, 0.15) is 12.8 Å². The number of rotatable bonds is 3. The van der Waals surface area contributed by atoms with Gasteiger partial charge >= 0.3 is 0 Å². The molecule has 10 heavy (non-hydrogen) atoms. The van der Waals surface area contributed by atoms with Crippen LogP contribution in [0.5, 0.6) is 0 Å². The van der Waals surface area contributed by atoms with Crippen LogP contribution in [0.2, 0.25) is 0 Å². The van der Waals surface area contributed by atoms with Crippen molar-refractivity contribution in [1.82, 2.24) is 5.32 Å². The predicted molar refractivity (Wildman–Crippen MR) is 41.0 cm³/mol. The van der Waals surface area contributed by atoms with Crippen LogP contribution < -0.4 is 5.32 Å². The molecular weight excluding hydrogens is 150 g/mol. The smallest absolute Gasteiger partial charge is 0.242 e. The molecule has 56 valence electrons. The maximum Gasteiger partial charge on any atom is 0.242 e. The molecule has 1 N–H and O–H groups in total. The second-order valence-corrected chi connectivity index (χ2v) is 2.89. The van der Waals surface area contributed by atoms with E-state index < -0.39 is 5.38 Å². The molecule has 1 unspecified atom stereocenters. The van der Waals surface area contributed by atoms with Gasteiger partial charge in [-0.15, -0.1) is 18.2 Å². The lowest BCUT2D eigenvalue weighted by Gasteiger charge is -2.03. The van der Waals surface area contributed by atoms with Crippen LogP contribution in [-0.2, 0) is 4.79 Å². The van der Waals surface area contributed by atoms with Crippen molar-refractivity contribution in [2.75, 3.05) is 0 Å². The molecule has 0 aromatic heterocycles. The van der Waals surface area contributed by atoms with Crippen molar-refractivity contribution < 1.29 is 4.79 Å². The maximum atomic E-state index is 10.9. The monoisotopic (exact) mass is 159 g/mol. The van der Waals surface area contributed by atoms with Gasteiger partial charge in [-0.3, -0.25) is 4.79 Å². The Hall–Kier alpha value is -0.500. The van der Waals surface area contributed by atoms with E-state index in [1.807, 2.05) is 0 Å². The molecule has 1 saturated carbocycles. The highest BCUT2D eigenvalue weighted by Gasteiger charge is 2.25. The molecule has 1 aliphatic rings. The lowest BCUT2D eigenvalue weighted by Crippen LogP contribution is -2.31. The highest BCUT2D eigenvalue weighted by Crippen LogP contribution is 2.19. The Bertz CT molecular complexity index is 154. The number of alkyl halides is 1. The van der Waals surface area contributed by atoms with Crippen molar-refractivity contribution in [3.8, 4) is 0 Å². The second kappa shape index (κ2) is 3.06. The van der Waals surface area contributed by atoms with Gasteiger partial charge in [-0.05, 0) is 12.8 Å². The van der Waals surface area contributed by atoms with E-state index in [2.05, 4.69) is 11.9 Å². The molecular formula is C7H10ClNO. The van der Waals surface area contributed by atoms with Gasteiger partial charge < -0.3 is 5.32 Å². The van der Waals surface area contributed by atoms with Crippen LogP contribution >= 0.6 is 11.6 Å². The summed E-state index contributed by atoms with van der Waals surface area (Å²) in [7, 11) is 0. The molecule has 2 nitrogen and oxygen atoms in total. The molecule has 1 aliphatic carbocycles. The molecule has 1 atom stereocenters. The molecule has 0 bridgehead atoms. The van der Waals surface area contributed by atoms with Crippen LogP contribution in [0.15, 0.2) is 12.7 Å². The van der Waals surface area contributed by atoms with Gasteiger partial charge in [0.1, 0.15) is 5.38 Å². The van der Waals surface area contributed by atoms with Gasteiger partial charge in [0.15, 0.2) is 0 Å². The Morgan fingerprint density at radius 1 is 1.80 bits per heavy atom. The lowest BCUT2D eigenvalue weighted by atomic mass is 10.4. The fraction of sp³-hybridized carbons (Fsp3) is 0.571. The number of hydrogen-bond acceptors (Lipinski definition) is 1. The third-order valence-corrected chi connectivity index (χ3v) is 1.76. The van der Waals surface area contributed by atoms with Gasteiger partial charge in [0.05, 0.1) is 0 Å². The van der Waals surface area contributed by atoms with Gasteiger partial charge in [0, 0.05) is 6.04 Å². The summed E-state index contributed by atoms with van der Waals surface area (Å²) >= 11 is 5.56. The van der Waals surface area contributed by atoms with Gasteiger partial charge in [-0.2, -0.15) is 0 Å². The number of carbonyl (C=O) groups excluding carboxylic acids is 1. The summed E-state index contributed by atoms with van der Waals surface area (Å²) in [6.45, 7) is 3.42. The summed E-state index contributed by atoms with van der Waals surface area (Å²) < 4.78 is 0. The minimum Gasteiger partial charge on any atom is -0.352 e. The van der Waals surface area contributed by atoms with Crippen molar-refractivity contribution >= 4 is 17.5 Å². The number of amides is 1. The van der Waals surface area contributed by atoms with Crippen LogP contribution in [-0.4, -0.2) is 17.3 Å². The van der Waals surface area contributed by atoms with E-state index in [-0.39, 0.29) is 5.91 Å². The first kappa shape index (κ1) is 7.61. The van der Waals surface area contributed by atoms with E-state index in [1.54, 1.807) is 0 Å². The number of nitrogens with one attached hydrogen (secondary N) is 1. The van der Waals surface area contributed by atoms with Crippen LogP contribution in [0.25, 0.3) is 0 Å². The van der Waals surface area contributed by atoms with E-state index in [1.165, 1.54) is 6.08 Å². The molecule has 0 aromatic carbocycles. The third kappa shape index (κ3) is 2.03. The van der Waals surface area contributed by atoms with Crippen molar-refractivity contribution in [3.63, 3.8) is 0 Å². The molecule has 1 rings (SSSR count). The molecule has 0 radical (unpaired) electrons. The number of halogens is 1. The molecule has 0 aromatic rings. The summed E-state index contributed by atoms with van der Waals surface area (Å²) in [5, 5.41) is 2.19. The van der Waals surface area contributed by atoms with Crippen LogP contribution in [0.4, 0.5) is 0 Å². The minimum atomic E-state index is -0.569. The Balaban J connectivity index is 2.24. The van der Waals surface area contributed by atoms with Crippen molar-refractivity contribution in [3.05, 3.63) is 12.7 Å².